The first kappa shape index (κ1) is 30.3. The van der Waals surface area contributed by atoms with Crippen LogP contribution in [0.15, 0.2) is 46.9 Å². The van der Waals surface area contributed by atoms with Gasteiger partial charge in [0.15, 0.2) is 0 Å². The zero-order valence-corrected chi connectivity index (χ0v) is 29.9. The largest absolute Gasteiger partial charge is 0.456 e. The lowest BCUT2D eigenvalue weighted by atomic mass is 9.74. The molecule has 1 heteroatoms. The lowest BCUT2D eigenvalue weighted by Crippen LogP contribution is -2.06. The van der Waals surface area contributed by atoms with Gasteiger partial charge in [-0.3, -0.25) is 0 Å². The molecule has 6 aromatic carbocycles. The normalized spacial score (nSPS) is 12.0. The summed E-state index contributed by atoms with van der Waals surface area (Å²) >= 11 is 0. The third kappa shape index (κ3) is 3.81. The summed E-state index contributed by atoms with van der Waals surface area (Å²) in [6.07, 6.45) is 0. The summed E-state index contributed by atoms with van der Waals surface area (Å²) < 4.78 is 6.49. The third-order valence-corrected chi connectivity index (χ3v) is 12.3. The molecule has 7 rings (SSSR count). The number of fused-ring (bicyclic) bond motifs is 5. The second-order valence-corrected chi connectivity index (χ2v) is 14.0. The van der Waals surface area contributed by atoms with Crippen LogP contribution in [0, 0.1) is 90.0 Å². The highest BCUT2D eigenvalue weighted by molar-refractivity contribution is 6.28. The highest BCUT2D eigenvalue weighted by Crippen LogP contribution is 2.53. The van der Waals surface area contributed by atoms with Crippen LogP contribution < -0.4 is 0 Å². The molecule has 1 nitrogen and oxygen atoms in total. The van der Waals surface area contributed by atoms with Crippen LogP contribution in [0.5, 0.6) is 0 Å². The molecule has 1 aromatic heterocycles. The van der Waals surface area contributed by atoms with Crippen molar-refractivity contribution < 1.29 is 4.42 Å². The molecule has 0 aliphatic carbocycles. The van der Waals surface area contributed by atoms with E-state index in [1.54, 1.807) is 0 Å². The third-order valence-electron chi connectivity index (χ3n) is 12.3. The van der Waals surface area contributed by atoms with Gasteiger partial charge in [0.1, 0.15) is 11.2 Å². The Labute approximate surface area is 274 Å². The Kier molecular flexibility index (Phi) is 6.80. The molecule has 0 saturated heterocycles. The van der Waals surface area contributed by atoms with Gasteiger partial charge in [0.05, 0.1) is 0 Å². The van der Waals surface area contributed by atoms with Crippen molar-refractivity contribution in [1.29, 1.82) is 0 Å². The fraction of sp³-hybridized carbons (Fsp3) is 0.289. The van der Waals surface area contributed by atoms with Crippen molar-refractivity contribution in [2.75, 3.05) is 0 Å². The zero-order valence-electron chi connectivity index (χ0n) is 29.9. The molecule has 0 amide bonds. The van der Waals surface area contributed by atoms with Crippen molar-refractivity contribution in [3.63, 3.8) is 0 Å². The van der Waals surface area contributed by atoms with Crippen molar-refractivity contribution in [1.82, 2.24) is 0 Å². The highest BCUT2D eigenvalue weighted by atomic mass is 16.3. The quantitative estimate of drug-likeness (QED) is 0.179. The predicted octanol–water partition coefficient (Wildman–Crippen LogP) is 13.2. The van der Waals surface area contributed by atoms with Crippen LogP contribution in [0.4, 0.5) is 0 Å². The van der Waals surface area contributed by atoms with Gasteiger partial charge < -0.3 is 4.42 Å². The summed E-state index contributed by atoms with van der Waals surface area (Å²) in [5.41, 5.74) is 25.3. The molecule has 0 radical (unpaired) electrons. The predicted molar refractivity (Wildman–Crippen MR) is 201 cm³/mol. The van der Waals surface area contributed by atoms with Crippen molar-refractivity contribution >= 4 is 43.5 Å². The minimum atomic E-state index is 0.937. The molecule has 0 fully saturated rings. The molecule has 0 saturated carbocycles. The summed E-state index contributed by atoms with van der Waals surface area (Å²) in [7, 11) is 0. The summed E-state index contributed by atoms with van der Waals surface area (Å²) in [6, 6.07) is 15.2. The molecule has 0 N–H and O–H groups in total. The van der Waals surface area contributed by atoms with E-state index in [0.717, 1.165) is 11.2 Å². The first-order valence-electron chi connectivity index (χ1n) is 16.7. The number of aryl methyl sites for hydroxylation is 4. The standard InChI is InChI=1S/C45H46O/c1-21-22(2)28(8)38(29(9)23(21)3)45-41-32(12)26(6)24(4)30(10)39(41)44(40-31(11)25(5)27(7)33(13)42(40)45)35-18-16-20-37-43(35)34-17-14-15-19-36(34)46-37/h14-20H,1-13H3. The van der Waals surface area contributed by atoms with E-state index in [0.29, 0.717) is 0 Å². The molecule has 0 unspecified atom stereocenters. The Bertz CT molecular complexity index is 2370. The zero-order chi connectivity index (χ0) is 33.1. The maximum atomic E-state index is 6.49. The maximum Gasteiger partial charge on any atom is 0.136 e. The van der Waals surface area contributed by atoms with Crippen molar-refractivity contribution in [2.45, 2.75) is 90.0 Å². The summed E-state index contributed by atoms with van der Waals surface area (Å²) in [5, 5.41) is 7.92. The van der Waals surface area contributed by atoms with E-state index >= 15 is 0 Å². The van der Waals surface area contributed by atoms with Gasteiger partial charge in [-0.2, -0.15) is 0 Å². The van der Waals surface area contributed by atoms with Gasteiger partial charge in [-0.05, 0) is 218 Å². The monoisotopic (exact) mass is 602 g/mol. The van der Waals surface area contributed by atoms with Crippen LogP contribution in [0.25, 0.3) is 65.7 Å². The Morgan fingerprint density at radius 2 is 0.696 bits per heavy atom. The average molecular weight is 603 g/mol. The van der Waals surface area contributed by atoms with Crippen molar-refractivity contribution in [3.8, 4) is 22.3 Å². The Morgan fingerprint density at radius 3 is 1.20 bits per heavy atom. The summed E-state index contributed by atoms with van der Waals surface area (Å²) in [6.45, 7) is 30.3. The van der Waals surface area contributed by atoms with Gasteiger partial charge in [0.2, 0.25) is 0 Å². The number of rotatable bonds is 2. The van der Waals surface area contributed by atoms with Crippen LogP contribution in [0.2, 0.25) is 0 Å². The molecule has 232 valence electrons. The second-order valence-electron chi connectivity index (χ2n) is 14.0. The van der Waals surface area contributed by atoms with Crippen LogP contribution in [0.1, 0.15) is 72.3 Å². The molecule has 0 aliphatic rings. The second kappa shape index (κ2) is 10.3. The fourth-order valence-corrected chi connectivity index (χ4v) is 8.50. The molecule has 7 aromatic rings. The van der Waals surface area contributed by atoms with E-state index in [9.17, 15) is 0 Å². The van der Waals surface area contributed by atoms with E-state index in [1.807, 2.05) is 0 Å². The lowest BCUT2D eigenvalue weighted by Gasteiger charge is -2.29. The van der Waals surface area contributed by atoms with Crippen LogP contribution in [0.3, 0.4) is 0 Å². The number of para-hydroxylation sites is 1. The lowest BCUT2D eigenvalue weighted by molar-refractivity contribution is 0.669. The summed E-state index contributed by atoms with van der Waals surface area (Å²) in [5.74, 6) is 0. The minimum Gasteiger partial charge on any atom is -0.456 e. The Hall–Kier alpha value is -4.36. The van der Waals surface area contributed by atoms with Gasteiger partial charge in [-0.15, -0.1) is 0 Å². The molecule has 0 bridgehead atoms. The van der Waals surface area contributed by atoms with Gasteiger partial charge >= 0.3 is 0 Å². The van der Waals surface area contributed by atoms with Gasteiger partial charge in [0, 0.05) is 10.8 Å². The first-order chi connectivity index (χ1) is 21.8. The van der Waals surface area contributed by atoms with E-state index in [-0.39, 0.29) is 0 Å². The molecular weight excluding hydrogens is 556 g/mol. The maximum absolute atomic E-state index is 6.49. The van der Waals surface area contributed by atoms with Gasteiger partial charge in [-0.25, -0.2) is 0 Å². The van der Waals surface area contributed by atoms with Crippen LogP contribution in [-0.2, 0) is 0 Å². The molecule has 46 heavy (non-hydrogen) atoms. The SMILES string of the molecule is Cc1c(C)c(C)c(-c2c3c(C)c(C)c(C)c(C)c3c(-c3cccc4oc5ccccc5c34)c3c(C)c(C)c(C)c(C)c23)c(C)c1C. The van der Waals surface area contributed by atoms with Gasteiger partial charge in [0.25, 0.3) is 0 Å². The smallest absolute Gasteiger partial charge is 0.136 e. The molecule has 1 heterocycles. The number of benzene rings is 6. The number of furan rings is 1. The fourth-order valence-electron chi connectivity index (χ4n) is 8.50. The number of hydrogen-bond acceptors (Lipinski definition) is 1. The Morgan fingerprint density at radius 1 is 0.304 bits per heavy atom. The first-order valence-corrected chi connectivity index (χ1v) is 16.7. The average Bonchev–Trinajstić information content (AvgIpc) is 3.44. The number of hydrogen-bond donors (Lipinski definition) is 0. The molecular formula is C45H46O. The molecule has 0 spiro atoms. The molecule has 0 aliphatic heterocycles. The molecule has 0 atom stereocenters. The van der Waals surface area contributed by atoms with E-state index in [4.69, 9.17) is 4.42 Å². The topological polar surface area (TPSA) is 13.1 Å². The van der Waals surface area contributed by atoms with Gasteiger partial charge in [-0.1, -0.05) is 30.3 Å². The van der Waals surface area contributed by atoms with Crippen LogP contribution in [-0.4, -0.2) is 0 Å². The van der Waals surface area contributed by atoms with Crippen LogP contribution >= 0.6 is 0 Å². The van der Waals surface area contributed by atoms with E-state index < -0.39 is 0 Å². The van der Waals surface area contributed by atoms with Crippen molar-refractivity contribution in [3.05, 3.63) is 115 Å². The Balaban J connectivity index is 1.91. The van der Waals surface area contributed by atoms with Crippen molar-refractivity contribution in [2.24, 2.45) is 0 Å². The minimum absolute atomic E-state index is 0.937. The van der Waals surface area contributed by atoms with E-state index in [1.165, 1.54) is 127 Å². The highest BCUT2D eigenvalue weighted by Gasteiger charge is 2.29. The summed E-state index contributed by atoms with van der Waals surface area (Å²) in [4.78, 5) is 0. The van der Waals surface area contributed by atoms with E-state index in [2.05, 4.69) is 132 Å².